The molecule has 0 unspecified atom stereocenters. The molecule has 0 spiro atoms. The lowest BCUT2D eigenvalue weighted by atomic mass is 10.1. The van der Waals surface area contributed by atoms with Gasteiger partial charge in [0.25, 0.3) is 5.91 Å². The van der Waals surface area contributed by atoms with E-state index in [0.29, 0.717) is 17.3 Å². The lowest BCUT2D eigenvalue weighted by molar-refractivity contribution is -0.122. The van der Waals surface area contributed by atoms with Gasteiger partial charge in [0.1, 0.15) is 5.69 Å². The van der Waals surface area contributed by atoms with E-state index in [0.717, 1.165) is 0 Å². The second-order valence-corrected chi connectivity index (χ2v) is 5.58. The molecular weight excluding hydrogens is 262 g/mol. The van der Waals surface area contributed by atoms with Crippen LogP contribution >= 0.6 is 0 Å². The van der Waals surface area contributed by atoms with E-state index in [2.05, 4.69) is 10.3 Å². The van der Waals surface area contributed by atoms with Gasteiger partial charge < -0.3 is 15.2 Å². The summed E-state index contributed by atoms with van der Waals surface area (Å²) in [5, 5.41) is 12.0. The number of aromatic nitrogens is 1. The maximum atomic E-state index is 11.6. The first-order chi connectivity index (χ1) is 9.20. The lowest BCUT2D eigenvalue weighted by Gasteiger charge is -2.33. The van der Waals surface area contributed by atoms with Crippen LogP contribution in [-0.2, 0) is 4.79 Å². The number of rotatable bonds is 1. The Labute approximate surface area is 116 Å². The molecule has 0 aliphatic carbocycles. The number of nitrogens with one attached hydrogen (secondary N) is 1. The Bertz CT molecular complexity index is 565. The summed E-state index contributed by atoms with van der Waals surface area (Å²) in [6, 6.07) is 1.55. The Kier molecular flexibility index (Phi) is 3.29. The Balaban J connectivity index is 2.43. The molecule has 2 rings (SSSR count). The average molecular weight is 279 g/mol. The molecule has 1 aromatic rings. The molecule has 2 N–H and O–H groups in total. The first-order valence-electron chi connectivity index (χ1n) is 6.21. The predicted molar refractivity (Wildman–Crippen MR) is 73.2 cm³/mol. The molecule has 0 fully saturated rings. The standard InChI is InChI=1S/C13H17N3O4/c1-7-10(17)15-9-5-8(6-14-11(9)20-7)16(12(18)19)13(2,3)4/h5-7H,1-4H3,(H,15,17)(H,18,19)/t7-/m0/s1. The Hall–Kier alpha value is -2.31. The first kappa shape index (κ1) is 14.1. The van der Waals surface area contributed by atoms with Crippen molar-refractivity contribution in [3.05, 3.63) is 12.3 Å². The maximum Gasteiger partial charge on any atom is 0.412 e. The molecule has 2 amide bonds. The minimum atomic E-state index is -1.09. The second-order valence-electron chi connectivity index (χ2n) is 5.58. The van der Waals surface area contributed by atoms with E-state index in [1.54, 1.807) is 33.8 Å². The van der Waals surface area contributed by atoms with Gasteiger partial charge >= 0.3 is 6.09 Å². The minimum Gasteiger partial charge on any atom is -0.465 e. The molecule has 1 aromatic heterocycles. The van der Waals surface area contributed by atoms with Crippen molar-refractivity contribution in [1.82, 2.24) is 4.98 Å². The molecule has 0 radical (unpaired) electrons. The van der Waals surface area contributed by atoms with Crippen molar-refractivity contribution in [2.45, 2.75) is 39.3 Å². The van der Waals surface area contributed by atoms with Crippen LogP contribution in [0.25, 0.3) is 0 Å². The highest BCUT2D eigenvalue weighted by atomic mass is 16.5. The van der Waals surface area contributed by atoms with Crippen molar-refractivity contribution in [2.24, 2.45) is 0 Å². The quantitative estimate of drug-likeness (QED) is 0.821. The summed E-state index contributed by atoms with van der Waals surface area (Å²) in [6.45, 7) is 6.94. The minimum absolute atomic E-state index is 0.283. The molecule has 7 heteroatoms. The van der Waals surface area contributed by atoms with E-state index in [4.69, 9.17) is 4.74 Å². The van der Waals surface area contributed by atoms with Gasteiger partial charge in [-0.2, -0.15) is 0 Å². The van der Waals surface area contributed by atoms with Gasteiger partial charge in [0.2, 0.25) is 5.88 Å². The normalized spacial score (nSPS) is 17.8. The topological polar surface area (TPSA) is 91.8 Å². The highest BCUT2D eigenvalue weighted by Gasteiger charge is 2.31. The van der Waals surface area contributed by atoms with E-state index in [1.807, 2.05) is 0 Å². The van der Waals surface area contributed by atoms with Crippen LogP contribution < -0.4 is 15.0 Å². The van der Waals surface area contributed by atoms with Crippen molar-refractivity contribution < 1.29 is 19.4 Å². The van der Waals surface area contributed by atoms with E-state index in [1.165, 1.54) is 11.1 Å². The van der Waals surface area contributed by atoms with Gasteiger partial charge in [-0.1, -0.05) is 0 Å². The molecule has 20 heavy (non-hydrogen) atoms. The number of pyridine rings is 1. The molecule has 2 heterocycles. The number of carboxylic acid groups (broad SMARTS) is 1. The van der Waals surface area contributed by atoms with Crippen LogP contribution in [0.15, 0.2) is 12.3 Å². The molecule has 0 aromatic carbocycles. The lowest BCUT2D eigenvalue weighted by Crippen LogP contribution is -2.45. The zero-order chi connectivity index (χ0) is 15.1. The van der Waals surface area contributed by atoms with E-state index < -0.39 is 17.7 Å². The van der Waals surface area contributed by atoms with Crippen LogP contribution in [0.1, 0.15) is 27.7 Å². The molecule has 1 aliphatic rings. The van der Waals surface area contributed by atoms with Crippen LogP contribution in [-0.4, -0.2) is 33.7 Å². The molecular formula is C13H17N3O4. The fraction of sp³-hybridized carbons (Fsp3) is 0.462. The van der Waals surface area contributed by atoms with Crippen LogP contribution in [0, 0.1) is 0 Å². The third-order valence-electron chi connectivity index (χ3n) is 2.87. The van der Waals surface area contributed by atoms with Crippen LogP contribution in [0.4, 0.5) is 16.2 Å². The zero-order valence-corrected chi connectivity index (χ0v) is 11.8. The van der Waals surface area contributed by atoms with Crippen molar-refractivity contribution in [3.8, 4) is 5.88 Å². The summed E-state index contributed by atoms with van der Waals surface area (Å²) in [5.74, 6) is 0.00850. The Morgan fingerprint density at radius 2 is 2.15 bits per heavy atom. The first-order valence-corrected chi connectivity index (χ1v) is 6.21. The van der Waals surface area contributed by atoms with Crippen LogP contribution in [0.5, 0.6) is 5.88 Å². The summed E-state index contributed by atoms with van der Waals surface area (Å²) in [6.07, 6.45) is -0.280. The van der Waals surface area contributed by atoms with Gasteiger partial charge in [-0.25, -0.2) is 9.78 Å². The molecule has 1 atom stereocenters. The van der Waals surface area contributed by atoms with Gasteiger partial charge in [0.15, 0.2) is 6.10 Å². The largest absolute Gasteiger partial charge is 0.465 e. The predicted octanol–water partition coefficient (Wildman–Crippen LogP) is 2.08. The fourth-order valence-corrected chi connectivity index (χ4v) is 1.99. The Morgan fingerprint density at radius 3 is 2.70 bits per heavy atom. The van der Waals surface area contributed by atoms with Gasteiger partial charge in [0, 0.05) is 5.54 Å². The SMILES string of the molecule is C[C@@H]1Oc2ncc(N(C(=O)O)C(C)(C)C)cc2NC1=O. The monoisotopic (exact) mass is 279 g/mol. The van der Waals surface area contributed by atoms with Crippen molar-refractivity contribution in [2.75, 3.05) is 10.2 Å². The third-order valence-corrected chi connectivity index (χ3v) is 2.87. The van der Waals surface area contributed by atoms with E-state index >= 15 is 0 Å². The summed E-state index contributed by atoms with van der Waals surface area (Å²) >= 11 is 0. The zero-order valence-electron chi connectivity index (χ0n) is 11.8. The van der Waals surface area contributed by atoms with Gasteiger partial charge in [-0.3, -0.25) is 9.69 Å². The second kappa shape index (κ2) is 4.66. The number of carbonyl (C=O) groups excluding carboxylic acids is 1. The van der Waals surface area contributed by atoms with Crippen molar-refractivity contribution >= 4 is 23.4 Å². The molecule has 0 saturated heterocycles. The highest BCUT2D eigenvalue weighted by Crippen LogP contribution is 2.33. The Morgan fingerprint density at radius 1 is 1.50 bits per heavy atom. The number of ether oxygens (including phenoxy) is 1. The average Bonchev–Trinajstić information content (AvgIpc) is 2.28. The van der Waals surface area contributed by atoms with Gasteiger partial charge in [-0.05, 0) is 33.8 Å². The summed E-state index contributed by atoms with van der Waals surface area (Å²) in [5.41, 5.74) is 0.123. The molecule has 108 valence electrons. The molecule has 0 saturated carbocycles. The maximum absolute atomic E-state index is 11.6. The van der Waals surface area contributed by atoms with E-state index in [-0.39, 0.29) is 5.91 Å². The summed E-state index contributed by atoms with van der Waals surface area (Å²) < 4.78 is 5.34. The highest BCUT2D eigenvalue weighted by molar-refractivity contribution is 5.98. The van der Waals surface area contributed by atoms with Gasteiger partial charge in [-0.15, -0.1) is 0 Å². The van der Waals surface area contributed by atoms with Crippen molar-refractivity contribution in [3.63, 3.8) is 0 Å². The number of fused-ring (bicyclic) bond motifs is 1. The number of amides is 2. The number of carbonyl (C=O) groups is 2. The smallest absolute Gasteiger partial charge is 0.412 e. The molecule has 1 aliphatic heterocycles. The molecule has 0 bridgehead atoms. The number of nitrogens with zero attached hydrogens (tertiary/aromatic N) is 2. The fourth-order valence-electron chi connectivity index (χ4n) is 1.99. The van der Waals surface area contributed by atoms with Crippen LogP contribution in [0.3, 0.4) is 0 Å². The van der Waals surface area contributed by atoms with Gasteiger partial charge in [0.05, 0.1) is 11.9 Å². The van der Waals surface area contributed by atoms with E-state index in [9.17, 15) is 14.7 Å². The van der Waals surface area contributed by atoms with Crippen molar-refractivity contribution in [1.29, 1.82) is 0 Å². The molecule has 7 nitrogen and oxygen atoms in total. The summed E-state index contributed by atoms with van der Waals surface area (Å²) in [4.78, 5) is 28.2. The third kappa shape index (κ3) is 2.52. The van der Waals surface area contributed by atoms with Crippen LogP contribution in [0.2, 0.25) is 0 Å². The summed E-state index contributed by atoms with van der Waals surface area (Å²) in [7, 11) is 0. The number of hydrogen-bond acceptors (Lipinski definition) is 4. The number of anilines is 2. The number of hydrogen-bond donors (Lipinski definition) is 2.